The Balaban J connectivity index is 2.08. The van der Waals surface area contributed by atoms with Crippen molar-refractivity contribution in [3.63, 3.8) is 0 Å². The topological polar surface area (TPSA) is 49.8 Å². The molecule has 0 aliphatic carbocycles. The van der Waals surface area contributed by atoms with Crippen molar-refractivity contribution < 1.29 is 14.6 Å². The van der Waals surface area contributed by atoms with Crippen LogP contribution in [0.1, 0.15) is 32.6 Å². The van der Waals surface area contributed by atoms with Crippen molar-refractivity contribution in [2.75, 3.05) is 18.1 Å². The molecule has 0 fully saturated rings. The zero-order valence-corrected chi connectivity index (χ0v) is 10.7. The molecule has 1 aliphatic rings. The van der Waals surface area contributed by atoms with Gasteiger partial charge in [-0.1, -0.05) is 26.2 Å². The minimum Gasteiger partial charge on any atom is -0.508 e. The number of ether oxygens (including phenoxy) is 1. The van der Waals surface area contributed by atoms with Gasteiger partial charge in [-0.05, 0) is 18.6 Å². The van der Waals surface area contributed by atoms with Crippen LogP contribution in [0.2, 0.25) is 0 Å². The second kappa shape index (κ2) is 5.76. The molecule has 0 saturated heterocycles. The molecule has 1 aliphatic heterocycles. The van der Waals surface area contributed by atoms with Gasteiger partial charge in [0.15, 0.2) is 6.61 Å². The van der Waals surface area contributed by atoms with E-state index < -0.39 is 0 Å². The van der Waals surface area contributed by atoms with Crippen molar-refractivity contribution in [1.82, 2.24) is 0 Å². The molecule has 4 nitrogen and oxygen atoms in total. The summed E-state index contributed by atoms with van der Waals surface area (Å²) in [4.78, 5) is 13.6. The smallest absolute Gasteiger partial charge is 0.265 e. The lowest BCUT2D eigenvalue weighted by Crippen LogP contribution is -2.39. The highest BCUT2D eigenvalue weighted by atomic mass is 16.5. The number of nitrogens with zero attached hydrogens (tertiary/aromatic N) is 1. The van der Waals surface area contributed by atoms with Gasteiger partial charge in [-0.2, -0.15) is 0 Å². The molecule has 0 atom stereocenters. The molecule has 0 radical (unpaired) electrons. The molecule has 98 valence electrons. The Morgan fingerprint density at radius 1 is 1.33 bits per heavy atom. The van der Waals surface area contributed by atoms with E-state index in [0.29, 0.717) is 5.75 Å². The number of carbonyl (C=O) groups excluding carboxylic acids is 1. The molecule has 1 aromatic rings. The molecule has 4 heteroatoms. The predicted octanol–water partition coefficient (Wildman–Crippen LogP) is 2.70. The number of benzene rings is 1. The van der Waals surface area contributed by atoms with Gasteiger partial charge >= 0.3 is 0 Å². The van der Waals surface area contributed by atoms with Gasteiger partial charge in [0, 0.05) is 12.6 Å². The number of amides is 1. The third-order valence-electron chi connectivity index (χ3n) is 3.12. The second-order valence-corrected chi connectivity index (χ2v) is 4.55. The van der Waals surface area contributed by atoms with E-state index in [1.807, 2.05) is 0 Å². The number of rotatable bonds is 5. The highest BCUT2D eigenvalue weighted by Gasteiger charge is 2.25. The Morgan fingerprint density at radius 2 is 2.17 bits per heavy atom. The number of fused-ring (bicyclic) bond motifs is 1. The average molecular weight is 249 g/mol. The number of hydrogen-bond acceptors (Lipinski definition) is 3. The van der Waals surface area contributed by atoms with Gasteiger partial charge in [0.25, 0.3) is 5.91 Å². The van der Waals surface area contributed by atoms with E-state index >= 15 is 0 Å². The fourth-order valence-corrected chi connectivity index (χ4v) is 2.14. The van der Waals surface area contributed by atoms with Crippen LogP contribution in [0.3, 0.4) is 0 Å². The van der Waals surface area contributed by atoms with Gasteiger partial charge < -0.3 is 14.7 Å². The van der Waals surface area contributed by atoms with Crippen LogP contribution in [0.15, 0.2) is 18.2 Å². The van der Waals surface area contributed by atoms with Gasteiger partial charge in [-0.25, -0.2) is 0 Å². The first kappa shape index (κ1) is 12.7. The largest absolute Gasteiger partial charge is 0.508 e. The number of phenols is 1. The van der Waals surface area contributed by atoms with E-state index in [0.717, 1.165) is 25.1 Å². The quantitative estimate of drug-likeness (QED) is 0.816. The summed E-state index contributed by atoms with van der Waals surface area (Å²) in [6.07, 6.45) is 4.51. The lowest BCUT2D eigenvalue weighted by molar-refractivity contribution is -0.121. The van der Waals surface area contributed by atoms with E-state index in [2.05, 4.69) is 6.92 Å². The summed E-state index contributed by atoms with van der Waals surface area (Å²) in [6.45, 7) is 2.95. The zero-order valence-electron chi connectivity index (χ0n) is 10.7. The summed E-state index contributed by atoms with van der Waals surface area (Å²) in [7, 11) is 0. The van der Waals surface area contributed by atoms with Crippen LogP contribution in [-0.2, 0) is 4.79 Å². The van der Waals surface area contributed by atoms with Crippen LogP contribution in [-0.4, -0.2) is 24.2 Å². The van der Waals surface area contributed by atoms with Crippen molar-refractivity contribution in [2.24, 2.45) is 0 Å². The molecule has 18 heavy (non-hydrogen) atoms. The number of aromatic hydroxyl groups is 1. The number of carbonyl (C=O) groups is 1. The molecule has 0 saturated carbocycles. The Kier molecular flexibility index (Phi) is 4.07. The van der Waals surface area contributed by atoms with Crippen molar-refractivity contribution in [3.8, 4) is 11.5 Å². The summed E-state index contributed by atoms with van der Waals surface area (Å²) < 4.78 is 5.32. The van der Waals surface area contributed by atoms with Crippen LogP contribution >= 0.6 is 0 Å². The lowest BCUT2D eigenvalue weighted by Gasteiger charge is -2.29. The summed E-state index contributed by atoms with van der Waals surface area (Å²) in [5.74, 6) is 0.740. The fourth-order valence-electron chi connectivity index (χ4n) is 2.14. The molecule has 0 unspecified atom stereocenters. The Morgan fingerprint density at radius 3 is 2.94 bits per heavy atom. The minimum absolute atomic E-state index is 0.00955. The van der Waals surface area contributed by atoms with E-state index in [9.17, 15) is 9.90 Å². The third kappa shape index (κ3) is 2.75. The van der Waals surface area contributed by atoms with Crippen LogP contribution in [0.4, 0.5) is 5.69 Å². The fraction of sp³-hybridized carbons (Fsp3) is 0.500. The van der Waals surface area contributed by atoms with E-state index in [1.54, 1.807) is 23.1 Å². The van der Waals surface area contributed by atoms with Crippen LogP contribution in [0, 0.1) is 0 Å². The Bertz CT molecular complexity index is 431. The predicted molar refractivity (Wildman–Crippen MR) is 70.1 cm³/mol. The first-order chi connectivity index (χ1) is 8.72. The first-order valence-electron chi connectivity index (χ1n) is 6.48. The molecule has 1 aromatic carbocycles. The third-order valence-corrected chi connectivity index (χ3v) is 3.12. The summed E-state index contributed by atoms with van der Waals surface area (Å²) >= 11 is 0. The molecule has 1 amide bonds. The molecule has 1 heterocycles. The summed E-state index contributed by atoms with van der Waals surface area (Å²) in [5, 5.41) is 9.40. The van der Waals surface area contributed by atoms with E-state index in [4.69, 9.17) is 4.74 Å². The number of unbranched alkanes of at least 4 members (excludes halogenated alkanes) is 3. The highest BCUT2D eigenvalue weighted by Crippen LogP contribution is 2.34. The highest BCUT2D eigenvalue weighted by molar-refractivity contribution is 5.97. The van der Waals surface area contributed by atoms with Gasteiger partial charge in [0.05, 0.1) is 5.69 Å². The van der Waals surface area contributed by atoms with Crippen molar-refractivity contribution in [3.05, 3.63) is 18.2 Å². The number of anilines is 1. The van der Waals surface area contributed by atoms with Gasteiger partial charge in [-0.3, -0.25) is 4.79 Å². The SMILES string of the molecule is CCCCCCN1C(=O)COc2cc(O)ccc21. The lowest BCUT2D eigenvalue weighted by atomic mass is 10.1. The van der Waals surface area contributed by atoms with Crippen LogP contribution in [0.25, 0.3) is 0 Å². The standard InChI is InChI=1S/C14H19NO3/c1-2-3-4-5-8-15-12-7-6-11(16)9-13(12)18-10-14(15)17/h6-7,9,16H,2-5,8,10H2,1H3. The van der Waals surface area contributed by atoms with Gasteiger partial charge in [0.2, 0.25) is 0 Å². The zero-order chi connectivity index (χ0) is 13.0. The first-order valence-corrected chi connectivity index (χ1v) is 6.48. The Labute approximate surface area is 107 Å². The van der Waals surface area contributed by atoms with E-state index in [-0.39, 0.29) is 18.3 Å². The maximum absolute atomic E-state index is 11.8. The molecule has 2 rings (SSSR count). The van der Waals surface area contributed by atoms with Crippen LogP contribution < -0.4 is 9.64 Å². The second-order valence-electron chi connectivity index (χ2n) is 4.55. The molecule has 0 bridgehead atoms. The van der Waals surface area contributed by atoms with E-state index in [1.165, 1.54) is 12.8 Å². The summed E-state index contributed by atoms with van der Waals surface area (Å²) in [5.41, 5.74) is 0.764. The maximum Gasteiger partial charge on any atom is 0.265 e. The van der Waals surface area contributed by atoms with Crippen molar-refractivity contribution >= 4 is 11.6 Å². The average Bonchev–Trinajstić information content (AvgIpc) is 2.37. The molecular weight excluding hydrogens is 230 g/mol. The molecule has 0 spiro atoms. The normalized spacial score (nSPS) is 14.3. The maximum atomic E-state index is 11.8. The number of phenolic OH excluding ortho intramolecular Hbond substituents is 1. The number of hydrogen-bond donors (Lipinski definition) is 1. The minimum atomic E-state index is -0.00955. The summed E-state index contributed by atoms with van der Waals surface area (Å²) in [6, 6.07) is 4.88. The monoisotopic (exact) mass is 249 g/mol. The molecular formula is C14H19NO3. The van der Waals surface area contributed by atoms with Crippen molar-refractivity contribution in [1.29, 1.82) is 0 Å². The van der Waals surface area contributed by atoms with Crippen LogP contribution in [0.5, 0.6) is 11.5 Å². The van der Waals surface area contributed by atoms with Gasteiger partial charge in [0.1, 0.15) is 11.5 Å². The molecule has 1 N–H and O–H groups in total. The molecule has 0 aromatic heterocycles. The van der Waals surface area contributed by atoms with Gasteiger partial charge in [-0.15, -0.1) is 0 Å². The Hall–Kier alpha value is -1.71. The van der Waals surface area contributed by atoms with Crippen molar-refractivity contribution in [2.45, 2.75) is 32.6 Å².